The molecule has 1 aromatic carbocycles. The van der Waals surface area contributed by atoms with Gasteiger partial charge in [-0.15, -0.1) is 0 Å². The lowest BCUT2D eigenvalue weighted by Crippen LogP contribution is -2.42. The number of nitrogens with zero attached hydrogens (tertiary/aromatic N) is 1. The van der Waals surface area contributed by atoms with Crippen molar-refractivity contribution in [2.24, 2.45) is 5.92 Å². The van der Waals surface area contributed by atoms with Crippen LogP contribution < -0.4 is 10.2 Å². The highest BCUT2D eigenvalue weighted by Gasteiger charge is 2.26. The van der Waals surface area contributed by atoms with Crippen LogP contribution in [0.4, 0.5) is 5.69 Å². The minimum atomic E-state index is -0.0413. The first-order valence-electron chi connectivity index (χ1n) is 7.49. The number of amides is 2. The number of hydrogen-bond acceptors (Lipinski definition) is 3. The third-order valence-electron chi connectivity index (χ3n) is 4.19. The molecular formula is C16H20N2O3. The SMILES string of the molecule is O=C(NCC(=O)N1CCc2ccccc21)C1CCOCC1. The van der Waals surface area contributed by atoms with Gasteiger partial charge in [0.15, 0.2) is 0 Å². The van der Waals surface area contributed by atoms with E-state index in [4.69, 9.17) is 4.74 Å². The third-order valence-corrected chi connectivity index (χ3v) is 4.19. The molecule has 1 N–H and O–H groups in total. The van der Waals surface area contributed by atoms with Crippen LogP contribution in [0.15, 0.2) is 24.3 Å². The quantitative estimate of drug-likeness (QED) is 0.906. The van der Waals surface area contributed by atoms with E-state index in [1.807, 2.05) is 24.3 Å². The van der Waals surface area contributed by atoms with Gasteiger partial charge >= 0.3 is 0 Å². The summed E-state index contributed by atoms with van der Waals surface area (Å²) >= 11 is 0. The topological polar surface area (TPSA) is 58.6 Å². The van der Waals surface area contributed by atoms with Crippen molar-refractivity contribution in [2.45, 2.75) is 19.3 Å². The number of fused-ring (bicyclic) bond motifs is 1. The van der Waals surface area contributed by atoms with Crippen molar-refractivity contribution < 1.29 is 14.3 Å². The largest absolute Gasteiger partial charge is 0.381 e. The lowest BCUT2D eigenvalue weighted by molar-refractivity contribution is -0.130. The summed E-state index contributed by atoms with van der Waals surface area (Å²) in [4.78, 5) is 26.1. The number of nitrogens with one attached hydrogen (secondary N) is 1. The summed E-state index contributed by atoms with van der Waals surface area (Å²) < 4.78 is 5.24. The number of anilines is 1. The maximum Gasteiger partial charge on any atom is 0.246 e. The second kappa shape index (κ2) is 6.26. The van der Waals surface area contributed by atoms with Gasteiger partial charge in [0.05, 0.1) is 6.54 Å². The summed E-state index contributed by atoms with van der Waals surface area (Å²) in [6.07, 6.45) is 2.37. The smallest absolute Gasteiger partial charge is 0.246 e. The fourth-order valence-electron chi connectivity index (χ4n) is 2.96. The molecule has 1 fully saturated rings. The molecule has 112 valence electrons. The molecule has 5 heteroatoms. The van der Waals surface area contributed by atoms with E-state index < -0.39 is 0 Å². The van der Waals surface area contributed by atoms with Crippen molar-refractivity contribution in [1.29, 1.82) is 0 Å². The van der Waals surface area contributed by atoms with Crippen LogP contribution in [0, 0.1) is 5.92 Å². The zero-order valence-corrected chi connectivity index (χ0v) is 12.0. The van der Waals surface area contributed by atoms with E-state index in [-0.39, 0.29) is 24.3 Å². The molecule has 0 spiro atoms. The van der Waals surface area contributed by atoms with Gasteiger partial charge in [-0.2, -0.15) is 0 Å². The summed E-state index contributed by atoms with van der Waals surface area (Å²) in [5, 5.41) is 2.77. The Kier molecular flexibility index (Phi) is 4.20. The third kappa shape index (κ3) is 3.08. The highest BCUT2D eigenvalue weighted by molar-refractivity contribution is 5.98. The van der Waals surface area contributed by atoms with Gasteiger partial charge in [0.1, 0.15) is 0 Å². The van der Waals surface area contributed by atoms with Gasteiger partial charge in [-0.1, -0.05) is 18.2 Å². The fraction of sp³-hybridized carbons (Fsp3) is 0.500. The number of carbonyl (C=O) groups excluding carboxylic acids is 2. The second-order valence-corrected chi connectivity index (χ2v) is 5.53. The first kappa shape index (κ1) is 14.1. The van der Waals surface area contributed by atoms with Crippen molar-refractivity contribution >= 4 is 17.5 Å². The van der Waals surface area contributed by atoms with E-state index in [1.165, 1.54) is 5.56 Å². The monoisotopic (exact) mass is 288 g/mol. The van der Waals surface area contributed by atoms with Crippen molar-refractivity contribution in [3.63, 3.8) is 0 Å². The van der Waals surface area contributed by atoms with Crippen molar-refractivity contribution in [3.8, 4) is 0 Å². The standard InChI is InChI=1S/C16H20N2O3/c19-15(11-17-16(20)13-6-9-21-10-7-13)18-8-5-12-3-1-2-4-14(12)18/h1-4,13H,5-11H2,(H,17,20). The molecule has 2 amide bonds. The highest BCUT2D eigenvalue weighted by atomic mass is 16.5. The molecule has 2 aliphatic heterocycles. The van der Waals surface area contributed by atoms with Crippen LogP contribution in [-0.4, -0.2) is 38.1 Å². The van der Waals surface area contributed by atoms with Gasteiger partial charge in [0.2, 0.25) is 11.8 Å². The molecule has 0 aliphatic carbocycles. The maximum absolute atomic E-state index is 12.3. The first-order valence-corrected chi connectivity index (χ1v) is 7.49. The normalized spacial score (nSPS) is 18.4. The van der Waals surface area contributed by atoms with Crippen LogP contribution in [0.2, 0.25) is 0 Å². The van der Waals surface area contributed by atoms with Crippen LogP contribution >= 0.6 is 0 Å². The van der Waals surface area contributed by atoms with E-state index in [0.29, 0.717) is 19.8 Å². The minimum Gasteiger partial charge on any atom is -0.381 e. The van der Waals surface area contributed by atoms with Gasteiger partial charge in [-0.05, 0) is 30.9 Å². The van der Waals surface area contributed by atoms with Crippen LogP contribution in [0.5, 0.6) is 0 Å². The molecule has 0 radical (unpaired) electrons. The molecule has 0 saturated carbocycles. The average Bonchev–Trinajstić information content (AvgIpc) is 2.97. The molecule has 21 heavy (non-hydrogen) atoms. The first-order chi connectivity index (χ1) is 10.3. The Morgan fingerprint density at radius 3 is 2.81 bits per heavy atom. The molecule has 3 rings (SSSR count). The molecule has 1 aromatic rings. The molecule has 5 nitrogen and oxygen atoms in total. The van der Waals surface area contributed by atoms with Crippen molar-refractivity contribution in [2.75, 3.05) is 31.2 Å². The Morgan fingerprint density at radius 1 is 1.24 bits per heavy atom. The second-order valence-electron chi connectivity index (χ2n) is 5.53. The summed E-state index contributed by atoms with van der Waals surface area (Å²) in [5.41, 5.74) is 2.17. The van der Waals surface area contributed by atoms with Gasteiger partial charge in [0, 0.05) is 31.4 Å². The number of ether oxygens (including phenoxy) is 1. The predicted octanol–water partition coefficient (Wildman–Crippen LogP) is 1.12. The number of rotatable bonds is 3. The Morgan fingerprint density at radius 2 is 2.00 bits per heavy atom. The molecule has 0 aromatic heterocycles. The Labute approximate surface area is 124 Å². The zero-order valence-electron chi connectivity index (χ0n) is 12.0. The molecular weight excluding hydrogens is 268 g/mol. The van der Waals surface area contributed by atoms with Gasteiger partial charge in [-0.3, -0.25) is 9.59 Å². The average molecular weight is 288 g/mol. The van der Waals surface area contributed by atoms with Crippen molar-refractivity contribution in [3.05, 3.63) is 29.8 Å². The zero-order chi connectivity index (χ0) is 14.7. The summed E-state index contributed by atoms with van der Waals surface area (Å²) in [7, 11) is 0. The van der Waals surface area contributed by atoms with Crippen LogP contribution in [0.3, 0.4) is 0 Å². The molecule has 1 saturated heterocycles. The Hall–Kier alpha value is -1.88. The summed E-state index contributed by atoms with van der Waals surface area (Å²) in [6, 6.07) is 7.93. The molecule has 2 aliphatic rings. The van der Waals surface area contributed by atoms with Crippen LogP contribution in [-0.2, 0) is 20.7 Å². The minimum absolute atomic E-state index is 0.0163. The van der Waals surface area contributed by atoms with Crippen LogP contribution in [0.25, 0.3) is 0 Å². The molecule has 0 bridgehead atoms. The van der Waals surface area contributed by atoms with E-state index in [1.54, 1.807) is 4.90 Å². The van der Waals surface area contributed by atoms with E-state index in [0.717, 1.165) is 24.9 Å². The van der Waals surface area contributed by atoms with Gasteiger partial charge < -0.3 is 15.0 Å². The number of para-hydroxylation sites is 1. The predicted molar refractivity (Wildman–Crippen MR) is 79.1 cm³/mol. The Bertz CT molecular complexity index is 538. The highest BCUT2D eigenvalue weighted by Crippen LogP contribution is 2.27. The van der Waals surface area contributed by atoms with Gasteiger partial charge in [0.25, 0.3) is 0 Å². The molecule has 0 atom stereocenters. The van der Waals surface area contributed by atoms with Gasteiger partial charge in [-0.25, -0.2) is 0 Å². The molecule has 0 unspecified atom stereocenters. The van der Waals surface area contributed by atoms with Crippen LogP contribution in [0.1, 0.15) is 18.4 Å². The number of benzene rings is 1. The number of carbonyl (C=O) groups is 2. The lowest BCUT2D eigenvalue weighted by Gasteiger charge is -2.22. The number of hydrogen-bond donors (Lipinski definition) is 1. The van der Waals surface area contributed by atoms with E-state index in [9.17, 15) is 9.59 Å². The van der Waals surface area contributed by atoms with E-state index >= 15 is 0 Å². The summed E-state index contributed by atoms with van der Waals surface area (Å²) in [6.45, 7) is 2.03. The maximum atomic E-state index is 12.3. The lowest BCUT2D eigenvalue weighted by atomic mass is 9.99. The van der Waals surface area contributed by atoms with E-state index in [2.05, 4.69) is 5.32 Å². The van der Waals surface area contributed by atoms with Crippen molar-refractivity contribution in [1.82, 2.24) is 5.32 Å². The molecule has 2 heterocycles. The Balaban J connectivity index is 1.54. The fourth-order valence-corrected chi connectivity index (χ4v) is 2.96. The summed E-state index contributed by atoms with van der Waals surface area (Å²) in [5.74, 6) is -0.0862.